The van der Waals surface area contributed by atoms with E-state index in [2.05, 4.69) is 117 Å². The molecule has 1 atom stereocenters. The molecule has 0 N–H and O–H groups in total. The number of furan rings is 1. The zero-order chi connectivity index (χ0) is 28.2. The fourth-order valence-corrected chi connectivity index (χ4v) is 8.74. The largest absolute Gasteiger partial charge is 0.460 e. The number of hydrogen-bond acceptors (Lipinski definition) is 2. The molecule has 4 heteroatoms. The molecule has 42 heavy (non-hydrogen) atoms. The molecule has 3 aliphatic rings. The Morgan fingerprint density at radius 2 is 1.52 bits per heavy atom. The number of rotatable bonds is 2. The summed E-state index contributed by atoms with van der Waals surface area (Å²) in [4.78, 5) is 0. The number of ether oxygens (including phenoxy) is 1. The van der Waals surface area contributed by atoms with Crippen molar-refractivity contribution in [1.29, 1.82) is 0 Å². The Balaban J connectivity index is 1.53. The maximum atomic E-state index is 6.77. The SMILES string of the molecule is C=C/C=C\C=C1/Oc2ccccc2C12c1cc(Br)c3c(c1-c1c2cc(Br)c2oc4ccccc4c12)Cc1ccccc1-3. The third kappa shape index (κ3) is 2.94. The first-order valence-corrected chi connectivity index (χ1v) is 15.6. The normalized spacial score (nSPS) is 18.5. The van der Waals surface area contributed by atoms with Crippen molar-refractivity contribution in [2.45, 2.75) is 11.8 Å². The van der Waals surface area contributed by atoms with Crippen LogP contribution in [0.2, 0.25) is 0 Å². The van der Waals surface area contributed by atoms with E-state index in [0.717, 1.165) is 54.4 Å². The second-order valence-corrected chi connectivity index (χ2v) is 12.8. The average Bonchev–Trinajstić information content (AvgIpc) is 3.74. The molecule has 5 aromatic carbocycles. The van der Waals surface area contributed by atoms with Crippen LogP contribution in [0.1, 0.15) is 27.8 Å². The van der Waals surface area contributed by atoms with Gasteiger partial charge in [0.25, 0.3) is 0 Å². The minimum atomic E-state index is -0.645. The lowest BCUT2D eigenvalue weighted by Gasteiger charge is -2.28. The molecular formula is C38H22Br2O2. The summed E-state index contributed by atoms with van der Waals surface area (Å²) in [5.41, 5.74) is 12.4. The van der Waals surface area contributed by atoms with Gasteiger partial charge in [-0.15, -0.1) is 0 Å². The van der Waals surface area contributed by atoms with E-state index in [1.807, 2.05) is 24.3 Å². The van der Waals surface area contributed by atoms with E-state index in [9.17, 15) is 0 Å². The van der Waals surface area contributed by atoms with Gasteiger partial charge in [0.05, 0.1) is 4.47 Å². The minimum absolute atomic E-state index is 0.645. The lowest BCUT2D eigenvalue weighted by Crippen LogP contribution is -2.27. The summed E-state index contributed by atoms with van der Waals surface area (Å²) in [6.45, 7) is 3.88. The zero-order valence-corrected chi connectivity index (χ0v) is 25.6. The van der Waals surface area contributed by atoms with Crippen molar-refractivity contribution in [3.63, 3.8) is 0 Å². The van der Waals surface area contributed by atoms with E-state index in [1.54, 1.807) is 6.08 Å². The van der Waals surface area contributed by atoms with Gasteiger partial charge in [-0.25, -0.2) is 0 Å². The van der Waals surface area contributed by atoms with Gasteiger partial charge in [0.15, 0.2) is 0 Å². The van der Waals surface area contributed by atoms with E-state index >= 15 is 0 Å². The van der Waals surface area contributed by atoms with Crippen molar-refractivity contribution >= 4 is 53.8 Å². The summed E-state index contributed by atoms with van der Waals surface area (Å²) in [5, 5.41) is 2.25. The number of allylic oxidation sites excluding steroid dienone is 5. The predicted octanol–water partition coefficient (Wildman–Crippen LogP) is 11.0. The maximum Gasteiger partial charge on any atom is 0.150 e. The number of para-hydroxylation sites is 2. The summed E-state index contributed by atoms with van der Waals surface area (Å²) in [6.07, 6.45) is 8.73. The molecule has 0 amide bonds. The highest BCUT2D eigenvalue weighted by molar-refractivity contribution is 9.11. The van der Waals surface area contributed by atoms with Crippen LogP contribution in [0.3, 0.4) is 0 Å². The molecule has 2 heterocycles. The van der Waals surface area contributed by atoms with Gasteiger partial charge in [-0.05, 0) is 91.6 Å². The van der Waals surface area contributed by atoms with Gasteiger partial charge >= 0.3 is 0 Å². The average molecular weight is 670 g/mol. The first-order valence-electron chi connectivity index (χ1n) is 14.0. The molecule has 0 fully saturated rings. The van der Waals surface area contributed by atoms with Crippen LogP contribution in [0.4, 0.5) is 0 Å². The van der Waals surface area contributed by atoms with Gasteiger partial charge in [0.1, 0.15) is 28.1 Å². The maximum absolute atomic E-state index is 6.77. The van der Waals surface area contributed by atoms with Crippen molar-refractivity contribution in [2.24, 2.45) is 0 Å². The Hall–Kier alpha value is -4.12. The highest BCUT2D eigenvalue weighted by Crippen LogP contribution is 2.66. The third-order valence-corrected chi connectivity index (χ3v) is 10.3. The van der Waals surface area contributed by atoms with Crippen molar-refractivity contribution in [2.75, 3.05) is 0 Å². The fraction of sp³-hybridized carbons (Fsp3) is 0.0526. The second-order valence-electron chi connectivity index (χ2n) is 11.1. The minimum Gasteiger partial charge on any atom is -0.460 e. The Kier molecular flexibility index (Phi) is 5.07. The third-order valence-electron chi connectivity index (χ3n) is 9.07. The van der Waals surface area contributed by atoms with Crippen molar-refractivity contribution in [1.82, 2.24) is 0 Å². The van der Waals surface area contributed by atoms with E-state index in [-0.39, 0.29) is 0 Å². The summed E-state index contributed by atoms with van der Waals surface area (Å²) >= 11 is 7.99. The van der Waals surface area contributed by atoms with Crippen molar-refractivity contribution < 1.29 is 9.15 Å². The summed E-state index contributed by atoms with van der Waals surface area (Å²) in [6, 6.07) is 30.2. The Labute approximate surface area is 259 Å². The van der Waals surface area contributed by atoms with Crippen LogP contribution in [-0.4, -0.2) is 0 Å². The van der Waals surface area contributed by atoms with Crippen LogP contribution in [-0.2, 0) is 11.8 Å². The smallest absolute Gasteiger partial charge is 0.150 e. The van der Waals surface area contributed by atoms with Gasteiger partial charge in [-0.1, -0.05) is 101 Å². The standard InChI is InChI=1S/C38H22Br2O2/c1-2-3-4-17-32-38(25-14-8-10-16-31(25)41-32)26-19-28(39)33-22-12-6-5-11-21(22)18-24(33)34(26)36-27(38)20-29(40)37-35(36)23-13-7-9-15-30(23)42-37/h2-17,19-20H,1,18H2/b4-3-,32-17-. The first kappa shape index (κ1) is 24.5. The molecule has 1 unspecified atom stereocenters. The molecule has 1 aliphatic heterocycles. The number of halogens is 2. The van der Waals surface area contributed by atoms with Crippen LogP contribution in [0.5, 0.6) is 5.75 Å². The molecule has 0 radical (unpaired) electrons. The summed E-state index contributed by atoms with van der Waals surface area (Å²) < 4.78 is 15.3. The van der Waals surface area contributed by atoms with Crippen molar-refractivity contribution in [3.8, 4) is 28.0 Å². The number of benzene rings is 5. The molecule has 2 nitrogen and oxygen atoms in total. The van der Waals surface area contributed by atoms with Crippen LogP contribution in [0, 0.1) is 0 Å². The first-order chi connectivity index (χ1) is 20.6. The highest BCUT2D eigenvalue weighted by Gasteiger charge is 2.56. The quantitative estimate of drug-likeness (QED) is 0.171. The Morgan fingerprint density at radius 1 is 0.762 bits per heavy atom. The fourth-order valence-electron chi connectivity index (χ4n) is 7.55. The number of fused-ring (bicyclic) bond motifs is 15. The zero-order valence-electron chi connectivity index (χ0n) is 22.4. The molecule has 0 bridgehead atoms. The molecule has 9 rings (SSSR count). The predicted molar refractivity (Wildman–Crippen MR) is 177 cm³/mol. The molecule has 6 aromatic rings. The number of hydrogen-bond donors (Lipinski definition) is 0. The monoisotopic (exact) mass is 668 g/mol. The van der Waals surface area contributed by atoms with E-state index in [4.69, 9.17) is 9.15 Å². The lowest BCUT2D eigenvalue weighted by atomic mass is 9.71. The molecule has 2 aliphatic carbocycles. The molecule has 0 saturated heterocycles. The molecule has 1 spiro atoms. The van der Waals surface area contributed by atoms with E-state index < -0.39 is 5.41 Å². The van der Waals surface area contributed by atoms with Gasteiger partial charge in [-0.3, -0.25) is 0 Å². The summed E-state index contributed by atoms with van der Waals surface area (Å²) in [5.74, 6) is 1.76. The van der Waals surface area contributed by atoms with Gasteiger partial charge in [0, 0.05) is 26.4 Å². The Morgan fingerprint density at radius 3 is 2.43 bits per heavy atom. The molecule has 1 aromatic heterocycles. The highest BCUT2D eigenvalue weighted by atomic mass is 79.9. The molecular weight excluding hydrogens is 648 g/mol. The van der Waals surface area contributed by atoms with Crippen LogP contribution >= 0.6 is 31.9 Å². The van der Waals surface area contributed by atoms with E-state index in [1.165, 1.54) is 44.5 Å². The Bertz CT molecular complexity index is 2250. The van der Waals surface area contributed by atoms with Gasteiger partial charge in [0.2, 0.25) is 0 Å². The second kappa shape index (κ2) is 8.70. The van der Waals surface area contributed by atoms with Crippen LogP contribution in [0.15, 0.2) is 135 Å². The van der Waals surface area contributed by atoms with Crippen LogP contribution < -0.4 is 4.74 Å². The molecule has 0 saturated carbocycles. The lowest BCUT2D eigenvalue weighted by molar-refractivity contribution is 0.415. The topological polar surface area (TPSA) is 22.4 Å². The van der Waals surface area contributed by atoms with Crippen molar-refractivity contribution in [3.05, 3.63) is 158 Å². The van der Waals surface area contributed by atoms with Gasteiger partial charge < -0.3 is 9.15 Å². The van der Waals surface area contributed by atoms with Gasteiger partial charge in [-0.2, -0.15) is 0 Å². The van der Waals surface area contributed by atoms with Crippen LogP contribution in [0.25, 0.3) is 44.2 Å². The summed E-state index contributed by atoms with van der Waals surface area (Å²) in [7, 11) is 0. The molecule has 200 valence electrons. The van der Waals surface area contributed by atoms with E-state index in [0.29, 0.717) is 0 Å².